The molecule has 1 aromatic rings. The molecule has 1 aromatic carbocycles. The van der Waals surface area contributed by atoms with Crippen LogP contribution in [0, 0.1) is 0 Å². The van der Waals surface area contributed by atoms with Gasteiger partial charge in [-0.2, -0.15) is 0 Å². The molecule has 1 atom stereocenters. The van der Waals surface area contributed by atoms with Gasteiger partial charge in [-0.05, 0) is 18.4 Å². The van der Waals surface area contributed by atoms with E-state index < -0.39 is 0 Å². The fraction of sp³-hybridized carbons (Fsp3) is 0.571. The molecule has 0 spiro atoms. The highest BCUT2D eigenvalue weighted by Gasteiger charge is 2.30. The number of benzene rings is 1. The van der Waals surface area contributed by atoms with Crippen molar-refractivity contribution in [1.82, 2.24) is 0 Å². The van der Waals surface area contributed by atoms with E-state index in [0.29, 0.717) is 5.16 Å². The molecule has 1 nitrogen and oxygen atoms in total. The van der Waals surface area contributed by atoms with Crippen LogP contribution in [-0.2, 0) is 0 Å². The van der Waals surface area contributed by atoms with Gasteiger partial charge in [0.15, 0.2) is 0 Å². The largest absolute Gasteiger partial charge is 0.327 e. The Kier molecular flexibility index (Phi) is 4.15. The van der Waals surface area contributed by atoms with Crippen molar-refractivity contribution in [2.45, 2.75) is 25.9 Å². The summed E-state index contributed by atoms with van der Waals surface area (Å²) in [7, 11) is 6.73. The molecule has 0 saturated carbocycles. The molecule has 0 aliphatic heterocycles. The molecule has 16 heavy (non-hydrogen) atoms. The van der Waals surface area contributed by atoms with Gasteiger partial charge in [-0.25, -0.2) is 0 Å². The third-order valence-corrected chi connectivity index (χ3v) is 6.12. The molecular weight excluding hydrogens is 213 g/mol. The molecule has 0 amide bonds. The lowest BCUT2D eigenvalue weighted by atomic mass is 10.3. The Morgan fingerprint density at radius 2 is 1.50 bits per heavy atom. The Hall–Kier alpha value is -0.390. The monoisotopic (exact) mass is 238 g/mol. The zero-order valence-electron chi connectivity index (χ0n) is 11.5. The summed E-state index contributed by atoms with van der Waals surface area (Å²) in [4.78, 5) is 0. The topological polar surface area (TPSA) is 0 Å². The van der Waals surface area contributed by atoms with Crippen LogP contribution in [-0.4, -0.2) is 37.1 Å². The molecule has 0 fully saturated rings. The predicted octanol–water partition coefficient (Wildman–Crippen LogP) is 3.26. The molecule has 0 aliphatic rings. The van der Waals surface area contributed by atoms with Crippen LogP contribution in [0.4, 0.5) is 0 Å². The minimum Gasteiger partial charge on any atom is -0.327 e. The summed E-state index contributed by atoms with van der Waals surface area (Å²) in [6.45, 7) is 7.09. The van der Waals surface area contributed by atoms with Gasteiger partial charge in [-0.15, -0.1) is 0 Å². The van der Waals surface area contributed by atoms with Gasteiger partial charge in [0.2, 0.25) is 0 Å². The van der Waals surface area contributed by atoms with Crippen LogP contribution in [0.25, 0.3) is 0 Å². The third-order valence-electron chi connectivity index (χ3n) is 2.44. The van der Waals surface area contributed by atoms with Crippen molar-refractivity contribution in [3.63, 3.8) is 0 Å². The molecule has 0 bridgehead atoms. The SMILES string of the molecule is CC(C)(C)P(C[N+](C)(C)C)c1ccccc1. The second kappa shape index (κ2) is 4.85. The van der Waals surface area contributed by atoms with Crippen LogP contribution in [0.5, 0.6) is 0 Å². The van der Waals surface area contributed by atoms with Crippen LogP contribution < -0.4 is 5.30 Å². The van der Waals surface area contributed by atoms with E-state index in [1.165, 1.54) is 11.6 Å². The molecule has 1 rings (SSSR count). The summed E-state index contributed by atoms with van der Waals surface area (Å²) < 4.78 is 1.04. The summed E-state index contributed by atoms with van der Waals surface area (Å²) in [5.41, 5.74) is 0. The third kappa shape index (κ3) is 4.23. The van der Waals surface area contributed by atoms with E-state index >= 15 is 0 Å². The van der Waals surface area contributed by atoms with E-state index in [-0.39, 0.29) is 7.92 Å². The van der Waals surface area contributed by atoms with E-state index in [0.717, 1.165) is 4.48 Å². The van der Waals surface area contributed by atoms with Crippen LogP contribution in [0.3, 0.4) is 0 Å². The van der Waals surface area contributed by atoms with Gasteiger partial charge in [0, 0.05) is 0 Å². The molecule has 0 saturated heterocycles. The van der Waals surface area contributed by atoms with Crippen molar-refractivity contribution < 1.29 is 4.48 Å². The van der Waals surface area contributed by atoms with E-state index in [1.54, 1.807) is 0 Å². The Morgan fingerprint density at radius 1 is 1.00 bits per heavy atom. The second-order valence-electron chi connectivity index (χ2n) is 6.37. The molecule has 90 valence electrons. The van der Waals surface area contributed by atoms with Crippen LogP contribution in [0.1, 0.15) is 20.8 Å². The van der Waals surface area contributed by atoms with Gasteiger partial charge in [-0.1, -0.05) is 51.1 Å². The number of nitrogens with zero attached hydrogens (tertiary/aromatic N) is 1. The predicted molar refractivity (Wildman–Crippen MR) is 75.6 cm³/mol. The fourth-order valence-electron chi connectivity index (χ4n) is 1.71. The summed E-state index contributed by atoms with van der Waals surface area (Å²) in [6.07, 6.45) is 1.24. The first-order chi connectivity index (χ1) is 7.20. The summed E-state index contributed by atoms with van der Waals surface area (Å²) in [5, 5.41) is 1.90. The highest BCUT2D eigenvalue weighted by Crippen LogP contribution is 2.49. The minimum atomic E-state index is -0.113. The summed E-state index contributed by atoms with van der Waals surface area (Å²) in [5.74, 6) is 0. The molecule has 0 aromatic heterocycles. The van der Waals surface area contributed by atoms with E-state index in [1.807, 2.05) is 0 Å². The first kappa shape index (κ1) is 13.7. The number of hydrogen-bond acceptors (Lipinski definition) is 0. The zero-order chi connectivity index (χ0) is 12.4. The lowest BCUT2D eigenvalue weighted by Gasteiger charge is -2.37. The van der Waals surface area contributed by atoms with Crippen LogP contribution >= 0.6 is 7.92 Å². The van der Waals surface area contributed by atoms with Gasteiger partial charge >= 0.3 is 0 Å². The molecule has 0 heterocycles. The average molecular weight is 238 g/mol. The Balaban J connectivity index is 2.98. The number of hydrogen-bond donors (Lipinski definition) is 0. The van der Waals surface area contributed by atoms with Gasteiger partial charge in [0.1, 0.15) is 6.29 Å². The van der Waals surface area contributed by atoms with E-state index in [2.05, 4.69) is 72.2 Å². The minimum absolute atomic E-state index is 0.113. The Morgan fingerprint density at radius 3 is 1.88 bits per heavy atom. The summed E-state index contributed by atoms with van der Waals surface area (Å²) >= 11 is 0. The van der Waals surface area contributed by atoms with Crippen LogP contribution in [0.2, 0.25) is 0 Å². The Labute approximate surface area is 102 Å². The van der Waals surface area contributed by atoms with Crippen LogP contribution in [0.15, 0.2) is 30.3 Å². The molecule has 0 radical (unpaired) electrons. The standard InChI is InChI=1S/C14H25NP/c1-14(2,3)16(12-15(4,5)6)13-10-8-7-9-11-13/h7-11H,12H2,1-6H3/q+1. The van der Waals surface area contributed by atoms with Crippen molar-refractivity contribution in [2.24, 2.45) is 0 Å². The Bertz CT molecular complexity index is 319. The fourth-order valence-corrected chi connectivity index (χ4v) is 4.46. The maximum absolute atomic E-state index is 2.36. The van der Waals surface area contributed by atoms with E-state index in [9.17, 15) is 0 Å². The lowest BCUT2D eigenvalue weighted by molar-refractivity contribution is -0.858. The maximum atomic E-state index is 2.36. The van der Waals surface area contributed by atoms with Crippen molar-refractivity contribution in [1.29, 1.82) is 0 Å². The average Bonchev–Trinajstić information content (AvgIpc) is 2.13. The summed E-state index contributed by atoms with van der Waals surface area (Å²) in [6, 6.07) is 11.0. The number of rotatable bonds is 3. The van der Waals surface area contributed by atoms with Gasteiger partial charge in [-0.3, -0.25) is 0 Å². The maximum Gasteiger partial charge on any atom is 0.101 e. The highest BCUT2D eigenvalue weighted by atomic mass is 31.1. The van der Waals surface area contributed by atoms with Crippen molar-refractivity contribution >= 4 is 13.2 Å². The molecular formula is C14H25NP+. The van der Waals surface area contributed by atoms with E-state index in [4.69, 9.17) is 0 Å². The lowest BCUT2D eigenvalue weighted by Crippen LogP contribution is -2.39. The van der Waals surface area contributed by atoms with Crippen molar-refractivity contribution in [2.75, 3.05) is 27.4 Å². The first-order valence-electron chi connectivity index (χ1n) is 5.83. The van der Waals surface area contributed by atoms with Gasteiger partial charge in [0.25, 0.3) is 0 Å². The molecule has 1 unspecified atom stereocenters. The molecule has 0 N–H and O–H groups in total. The molecule has 2 heteroatoms. The number of quaternary nitrogens is 1. The highest BCUT2D eigenvalue weighted by molar-refractivity contribution is 7.66. The second-order valence-corrected chi connectivity index (χ2v) is 9.36. The smallest absolute Gasteiger partial charge is 0.101 e. The van der Waals surface area contributed by atoms with Crippen molar-refractivity contribution in [3.05, 3.63) is 30.3 Å². The van der Waals surface area contributed by atoms with Crippen molar-refractivity contribution in [3.8, 4) is 0 Å². The van der Waals surface area contributed by atoms with Gasteiger partial charge in [0.05, 0.1) is 21.1 Å². The molecule has 0 aliphatic carbocycles. The van der Waals surface area contributed by atoms with Gasteiger partial charge < -0.3 is 4.48 Å². The first-order valence-corrected chi connectivity index (χ1v) is 7.36. The quantitative estimate of drug-likeness (QED) is 0.560. The zero-order valence-corrected chi connectivity index (χ0v) is 12.4. The normalized spacial score (nSPS) is 14.9.